The molecule has 6 nitrogen and oxygen atoms in total. The summed E-state index contributed by atoms with van der Waals surface area (Å²) in [5.41, 5.74) is 0.965. The van der Waals surface area contributed by atoms with Crippen LogP contribution in [0, 0.1) is 5.82 Å². The molecular formula is C24H22FN3O3. The lowest BCUT2D eigenvalue weighted by molar-refractivity contribution is -0.143. The minimum atomic E-state index is -1.19. The molecular weight excluding hydrogens is 397 g/mol. The van der Waals surface area contributed by atoms with Gasteiger partial charge in [-0.05, 0) is 37.1 Å². The van der Waals surface area contributed by atoms with E-state index in [0.29, 0.717) is 50.1 Å². The third kappa shape index (κ3) is 3.65. The molecule has 5 rings (SSSR count). The number of carbonyl (C=O) groups is 2. The van der Waals surface area contributed by atoms with Crippen LogP contribution in [0.4, 0.5) is 4.39 Å². The van der Waals surface area contributed by atoms with Crippen molar-refractivity contribution in [3.63, 3.8) is 0 Å². The van der Waals surface area contributed by atoms with Crippen LogP contribution in [0.1, 0.15) is 23.2 Å². The smallest absolute Gasteiger partial charge is 0.254 e. The first-order valence-corrected chi connectivity index (χ1v) is 10.4. The number of benzene rings is 2. The van der Waals surface area contributed by atoms with Crippen molar-refractivity contribution in [2.24, 2.45) is 0 Å². The van der Waals surface area contributed by atoms with Crippen LogP contribution < -0.4 is 0 Å². The number of pyridine rings is 1. The van der Waals surface area contributed by atoms with Gasteiger partial charge in [0.15, 0.2) is 0 Å². The summed E-state index contributed by atoms with van der Waals surface area (Å²) in [5, 5.41) is 10.9. The van der Waals surface area contributed by atoms with Crippen LogP contribution in [0.3, 0.4) is 0 Å². The maximum absolute atomic E-state index is 14.9. The first-order valence-electron chi connectivity index (χ1n) is 10.4. The standard InChI is InChI=1S/C24H22FN3O3/c25-20-14-17(5-6-19(20)18-13-16-3-1-2-4-21(16)26-15-18)22(29)27-9-11-28(12-10-27)23(30)24(31)7-8-24/h1-6,13-15,31H,7-12H2. The van der Waals surface area contributed by atoms with E-state index in [4.69, 9.17) is 0 Å². The molecule has 2 heterocycles. The molecule has 1 aliphatic carbocycles. The number of para-hydroxylation sites is 1. The second kappa shape index (κ2) is 7.42. The van der Waals surface area contributed by atoms with Crippen LogP contribution in [-0.4, -0.2) is 63.5 Å². The Kier molecular flexibility index (Phi) is 4.70. The summed E-state index contributed by atoms with van der Waals surface area (Å²) >= 11 is 0. The molecule has 1 aliphatic heterocycles. The molecule has 3 aromatic rings. The first-order chi connectivity index (χ1) is 14.9. The van der Waals surface area contributed by atoms with Crippen molar-refractivity contribution < 1.29 is 19.1 Å². The average molecular weight is 419 g/mol. The van der Waals surface area contributed by atoms with Crippen molar-refractivity contribution in [3.05, 3.63) is 66.1 Å². The van der Waals surface area contributed by atoms with E-state index in [0.717, 1.165) is 10.9 Å². The van der Waals surface area contributed by atoms with E-state index in [1.165, 1.54) is 6.07 Å². The van der Waals surface area contributed by atoms with Crippen molar-refractivity contribution in [2.45, 2.75) is 18.4 Å². The number of fused-ring (bicyclic) bond motifs is 1. The quantitative estimate of drug-likeness (QED) is 0.709. The van der Waals surface area contributed by atoms with Gasteiger partial charge in [-0.25, -0.2) is 4.39 Å². The third-order valence-electron chi connectivity index (χ3n) is 6.09. The lowest BCUT2D eigenvalue weighted by Crippen LogP contribution is -2.53. The van der Waals surface area contributed by atoms with Crippen molar-refractivity contribution in [1.82, 2.24) is 14.8 Å². The zero-order chi connectivity index (χ0) is 21.6. The van der Waals surface area contributed by atoms with Gasteiger partial charge in [-0.15, -0.1) is 0 Å². The van der Waals surface area contributed by atoms with Gasteiger partial charge in [-0.2, -0.15) is 0 Å². The highest BCUT2D eigenvalue weighted by atomic mass is 19.1. The van der Waals surface area contributed by atoms with E-state index in [1.807, 2.05) is 30.3 Å². The molecule has 2 aromatic carbocycles. The molecule has 0 spiro atoms. The highest BCUT2D eigenvalue weighted by molar-refractivity contribution is 5.95. The largest absolute Gasteiger partial charge is 0.380 e. The van der Waals surface area contributed by atoms with Gasteiger partial charge in [-0.1, -0.05) is 24.3 Å². The molecule has 0 radical (unpaired) electrons. The number of hydrogen-bond acceptors (Lipinski definition) is 4. The zero-order valence-corrected chi connectivity index (χ0v) is 16.9. The predicted octanol–water partition coefficient (Wildman–Crippen LogP) is 2.85. The summed E-state index contributed by atoms with van der Waals surface area (Å²) in [6, 6.07) is 14.0. The Morgan fingerprint density at radius 3 is 2.39 bits per heavy atom. The fourth-order valence-corrected chi connectivity index (χ4v) is 4.02. The minimum Gasteiger partial charge on any atom is -0.380 e. The summed E-state index contributed by atoms with van der Waals surface area (Å²) < 4.78 is 14.9. The number of halogens is 1. The van der Waals surface area contributed by atoms with E-state index >= 15 is 0 Å². The van der Waals surface area contributed by atoms with Gasteiger partial charge in [0.25, 0.3) is 11.8 Å². The van der Waals surface area contributed by atoms with Crippen molar-refractivity contribution in [3.8, 4) is 11.1 Å². The Bertz CT molecular complexity index is 1180. The van der Waals surface area contributed by atoms with Gasteiger partial charge < -0.3 is 14.9 Å². The Morgan fingerprint density at radius 2 is 1.68 bits per heavy atom. The van der Waals surface area contributed by atoms with Crippen LogP contribution in [0.2, 0.25) is 0 Å². The maximum atomic E-state index is 14.9. The topological polar surface area (TPSA) is 73.7 Å². The van der Waals surface area contributed by atoms with Gasteiger partial charge in [0.2, 0.25) is 0 Å². The van der Waals surface area contributed by atoms with Crippen molar-refractivity contribution in [1.29, 1.82) is 0 Å². The maximum Gasteiger partial charge on any atom is 0.254 e. The molecule has 2 aliphatic rings. The summed E-state index contributed by atoms with van der Waals surface area (Å²) in [7, 11) is 0. The average Bonchev–Trinajstić information content (AvgIpc) is 3.56. The van der Waals surface area contributed by atoms with Crippen LogP contribution in [0.5, 0.6) is 0 Å². The fraction of sp³-hybridized carbons (Fsp3) is 0.292. The lowest BCUT2D eigenvalue weighted by Gasteiger charge is -2.35. The van der Waals surface area contributed by atoms with E-state index in [9.17, 15) is 19.1 Å². The van der Waals surface area contributed by atoms with E-state index in [-0.39, 0.29) is 17.4 Å². The molecule has 158 valence electrons. The Labute approximate surface area is 178 Å². The number of aromatic nitrogens is 1. The molecule has 2 fully saturated rings. The van der Waals surface area contributed by atoms with Gasteiger partial charge in [0.05, 0.1) is 5.52 Å². The van der Waals surface area contributed by atoms with Crippen LogP contribution in [0.25, 0.3) is 22.0 Å². The monoisotopic (exact) mass is 419 g/mol. The van der Waals surface area contributed by atoms with E-state index in [1.54, 1.807) is 28.1 Å². The molecule has 1 saturated carbocycles. The highest BCUT2D eigenvalue weighted by Gasteiger charge is 2.50. The van der Waals surface area contributed by atoms with Gasteiger partial charge >= 0.3 is 0 Å². The molecule has 0 atom stereocenters. The number of piperazine rings is 1. The summed E-state index contributed by atoms with van der Waals surface area (Å²) in [4.78, 5) is 32.7. The Morgan fingerprint density at radius 1 is 0.968 bits per heavy atom. The van der Waals surface area contributed by atoms with Gasteiger partial charge in [-0.3, -0.25) is 14.6 Å². The Hall–Kier alpha value is -3.32. The molecule has 0 unspecified atom stereocenters. The number of nitrogens with zero attached hydrogens (tertiary/aromatic N) is 3. The predicted molar refractivity (Wildman–Crippen MR) is 114 cm³/mol. The fourth-order valence-electron chi connectivity index (χ4n) is 4.02. The normalized spacial score (nSPS) is 17.6. The second-order valence-corrected chi connectivity index (χ2v) is 8.23. The van der Waals surface area contributed by atoms with Crippen LogP contribution in [0.15, 0.2) is 54.7 Å². The number of rotatable bonds is 3. The zero-order valence-electron chi connectivity index (χ0n) is 16.9. The Balaban J connectivity index is 1.30. The molecule has 31 heavy (non-hydrogen) atoms. The molecule has 1 aromatic heterocycles. The summed E-state index contributed by atoms with van der Waals surface area (Å²) in [6.45, 7) is 1.46. The van der Waals surface area contributed by atoms with Crippen molar-refractivity contribution >= 4 is 22.7 Å². The van der Waals surface area contributed by atoms with E-state index in [2.05, 4.69) is 4.98 Å². The summed E-state index contributed by atoms with van der Waals surface area (Å²) in [5.74, 6) is -0.994. The van der Waals surface area contributed by atoms with Crippen LogP contribution >= 0.6 is 0 Å². The number of carbonyl (C=O) groups excluding carboxylic acids is 2. The van der Waals surface area contributed by atoms with Gasteiger partial charge in [0.1, 0.15) is 11.4 Å². The highest BCUT2D eigenvalue weighted by Crippen LogP contribution is 2.37. The number of amides is 2. The van der Waals surface area contributed by atoms with Crippen molar-refractivity contribution in [2.75, 3.05) is 26.2 Å². The summed E-state index contributed by atoms with van der Waals surface area (Å²) in [6.07, 6.45) is 2.64. The van der Waals surface area contributed by atoms with E-state index < -0.39 is 11.4 Å². The second-order valence-electron chi connectivity index (χ2n) is 8.23. The molecule has 1 N–H and O–H groups in total. The molecule has 0 bridgehead atoms. The van der Waals surface area contributed by atoms with Crippen LogP contribution in [-0.2, 0) is 4.79 Å². The third-order valence-corrected chi connectivity index (χ3v) is 6.09. The SMILES string of the molecule is O=C(c1ccc(-c2cnc3ccccc3c2)c(F)c1)N1CCN(C(=O)C2(O)CC2)CC1. The lowest BCUT2D eigenvalue weighted by atomic mass is 10.0. The minimum absolute atomic E-state index is 0.251. The van der Waals surface area contributed by atoms with Gasteiger partial charge in [0, 0.05) is 54.5 Å². The molecule has 1 saturated heterocycles. The molecule has 7 heteroatoms. The number of aliphatic hydroxyl groups is 1. The molecule has 2 amide bonds. The first kappa shape index (κ1) is 19.6. The number of hydrogen-bond donors (Lipinski definition) is 1.